The molecule has 1 aliphatic rings. The summed E-state index contributed by atoms with van der Waals surface area (Å²) in [6.45, 7) is 3.15. The SMILES string of the molecule is CCCCCCCC(=O)N[C@H](CC(=O)O)C(=O)N[C@@H]1C(=O)N[C@H](CC)C(=O)N[C@H](CCC[N+]([O-])=NO)C(=O)NCC(=O)N[C@H](CCC[N+]([O-])=NO)C(=O)O[C@@H]1C. The molecule has 0 saturated carbocycles. The first-order chi connectivity index (χ1) is 26.6. The Morgan fingerprint density at radius 3 is 2.00 bits per heavy atom. The number of cyclic esters (lactones) is 1. The van der Waals surface area contributed by atoms with Gasteiger partial charge in [0.15, 0.2) is 23.6 Å². The summed E-state index contributed by atoms with van der Waals surface area (Å²) in [6.07, 6.45) is 0.717. The van der Waals surface area contributed by atoms with Gasteiger partial charge in [0.25, 0.3) is 0 Å². The topological polar surface area (TPSA) is 356 Å². The lowest BCUT2D eigenvalue weighted by atomic mass is 10.1. The number of rotatable bonds is 20. The van der Waals surface area contributed by atoms with E-state index in [9.17, 15) is 53.9 Å². The molecule has 24 nitrogen and oxygen atoms in total. The van der Waals surface area contributed by atoms with Gasteiger partial charge < -0.3 is 62.6 Å². The Morgan fingerprint density at radius 2 is 1.43 bits per heavy atom. The fourth-order valence-electron chi connectivity index (χ4n) is 5.41. The molecule has 0 bridgehead atoms. The maximum Gasteiger partial charge on any atom is 0.328 e. The number of ether oxygens (including phenoxy) is 1. The molecule has 316 valence electrons. The van der Waals surface area contributed by atoms with Crippen LogP contribution in [0.15, 0.2) is 10.6 Å². The summed E-state index contributed by atoms with van der Waals surface area (Å²) >= 11 is 0. The van der Waals surface area contributed by atoms with Crippen LogP contribution in [0.25, 0.3) is 0 Å². The van der Waals surface area contributed by atoms with E-state index in [4.69, 9.17) is 15.2 Å². The van der Waals surface area contributed by atoms with Crippen LogP contribution in [0.2, 0.25) is 0 Å². The van der Waals surface area contributed by atoms with Gasteiger partial charge in [0.1, 0.15) is 36.3 Å². The molecule has 1 aliphatic heterocycles. The summed E-state index contributed by atoms with van der Waals surface area (Å²) in [5, 5.41) is 68.7. The summed E-state index contributed by atoms with van der Waals surface area (Å²) in [5.74, 6) is -8.26. The number of carboxylic acid groups (broad SMARTS) is 1. The second-order valence-electron chi connectivity index (χ2n) is 13.0. The second-order valence-corrected chi connectivity index (χ2v) is 13.0. The third-order valence-corrected chi connectivity index (χ3v) is 8.49. The largest absolute Gasteiger partial charge is 0.597 e. The molecule has 56 heavy (non-hydrogen) atoms. The summed E-state index contributed by atoms with van der Waals surface area (Å²) in [4.78, 5) is 104. The Kier molecular flexibility index (Phi) is 22.4. The van der Waals surface area contributed by atoms with Crippen molar-refractivity contribution in [1.82, 2.24) is 31.9 Å². The highest BCUT2D eigenvalue weighted by Crippen LogP contribution is 2.11. The molecule has 1 fully saturated rings. The lowest BCUT2D eigenvalue weighted by molar-refractivity contribution is -0.556. The summed E-state index contributed by atoms with van der Waals surface area (Å²) in [5.41, 5.74) is 0. The highest BCUT2D eigenvalue weighted by molar-refractivity contribution is 5.97. The Hall–Kier alpha value is -5.84. The zero-order valence-electron chi connectivity index (χ0n) is 31.7. The minimum Gasteiger partial charge on any atom is -0.597 e. The maximum atomic E-state index is 13.8. The van der Waals surface area contributed by atoms with Gasteiger partial charge in [0.05, 0.1) is 13.0 Å². The maximum absolute atomic E-state index is 13.8. The van der Waals surface area contributed by atoms with Crippen LogP contribution in [0.3, 0.4) is 0 Å². The van der Waals surface area contributed by atoms with E-state index in [-0.39, 0.29) is 54.8 Å². The number of hydrogen-bond donors (Lipinski definition) is 9. The first-order valence-corrected chi connectivity index (χ1v) is 18.4. The Labute approximate surface area is 322 Å². The lowest BCUT2D eigenvalue weighted by Gasteiger charge is -2.30. The summed E-state index contributed by atoms with van der Waals surface area (Å²) in [7, 11) is 0. The first kappa shape index (κ1) is 48.2. The smallest absolute Gasteiger partial charge is 0.328 e. The van der Waals surface area contributed by atoms with Crippen molar-refractivity contribution in [3.63, 3.8) is 0 Å². The number of nitrogens with one attached hydrogen (secondary N) is 6. The third kappa shape index (κ3) is 18.5. The molecule has 1 saturated heterocycles. The van der Waals surface area contributed by atoms with Crippen molar-refractivity contribution in [1.29, 1.82) is 0 Å². The second kappa shape index (κ2) is 26.0. The highest BCUT2D eigenvalue weighted by atomic mass is 16.6. The van der Waals surface area contributed by atoms with Crippen molar-refractivity contribution < 1.29 is 68.3 Å². The minimum atomic E-state index is -1.84. The van der Waals surface area contributed by atoms with Gasteiger partial charge in [-0.2, -0.15) is 0 Å². The van der Waals surface area contributed by atoms with Crippen molar-refractivity contribution in [2.45, 2.75) is 134 Å². The van der Waals surface area contributed by atoms with E-state index in [0.29, 0.717) is 6.42 Å². The quantitative estimate of drug-likeness (QED) is 0.0234. The van der Waals surface area contributed by atoms with Crippen LogP contribution in [0.4, 0.5) is 0 Å². The Balaban J connectivity index is 3.53. The van der Waals surface area contributed by atoms with Gasteiger partial charge in [0, 0.05) is 19.3 Å². The molecular weight excluding hydrogens is 748 g/mol. The molecule has 6 amide bonds. The monoisotopic (exact) mass is 802 g/mol. The number of carbonyl (C=O) groups is 8. The van der Waals surface area contributed by atoms with Gasteiger partial charge in [0.2, 0.25) is 35.4 Å². The molecule has 6 atom stereocenters. The molecule has 0 spiro atoms. The van der Waals surface area contributed by atoms with Crippen molar-refractivity contribution in [3.8, 4) is 0 Å². The van der Waals surface area contributed by atoms with Gasteiger partial charge in [-0.05, 0) is 32.6 Å². The number of hydrogen-bond acceptors (Lipinski definition) is 13. The standard InChI is InChI=1S/C32H54N10O14/c1-4-6-7-8-9-14-24(43)35-23(17-26(45)46)30(49)38-27-19(3)56-32(51)22(13-11-16-42(55)40-53)34-25(44)18-33-28(47)21(12-10-15-41(54)39-52)37-29(48)20(5-2)36-31(27)50/h19-23,27,52-53H,4-18H2,1-3H3,(H,33,47)(H,34,44)(H,35,43)(H,36,50)(H,37,48)(H,38,49)(H,45,46)/t19-,20-,21-,22-,23-,27+/m1/s1. The molecule has 0 aromatic carbocycles. The number of unbranched alkanes of at least 4 members (excludes halogenated alkanes) is 4. The van der Waals surface area contributed by atoms with Crippen LogP contribution in [0.1, 0.15) is 97.8 Å². The average Bonchev–Trinajstić information content (AvgIpc) is 3.15. The van der Waals surface area contributed by atoms with Crippen molar-refractivity contribution in [2.75, 3.05) is 19.6 Å². The van der Waals surface area contributed by atoms with Gasteiger partial charge in [-0.3, -0.25) is 33.6 Å². The van der Waals surface area contributed by atoms with E-state index in [1.165, 1.54) is 13.8 Å². The molecule has 0 unspecified atom stereocenters. The van der Waals surface area contributed by atoms with Crippen LogP contribution in [-0.2, 0) is 43.1 Å². The van der Waals surface area contributed by atoms with Gasteiger partial charge in [-0.1, -0.05) is 49.3 Å². The molecule has 0 aliphatic carbocycles. The van der Waals surface area contributed by atoms with E-state index >= 15 is 0 Å². The number of carboxylic acids is 1. The van der Waals surface area contributed by atoms with Crippen LogP contribution in [-0.4, -0.2) is 129 Å². The van der Waals surface area contributed by atoms with Gasteiger partial charge in [-0.15, -0.1) is 0 Å². The van der Waals surface area contributed by atoms with Crippen LogP contribution < -0.4 is 31.9 Å². The minimum absolute atomic E-state index is 0.00707. The summed E-state index contributed by atoms with van der Waals surface area (Å²) in [6, 6.07) is -7.83. The van der Waals surface area contributed by atoms with E-state index in [2.05, 4.69) is 42.5 Å². The van der Waals surface area contributed by atoms with Gasteiger partial charge >= 0.3 is 11.9 Å². The van der Waals surface area contributed by atoms with Crippen molar-refractivity contribution in [2.24, 2.45) is 10.6 Å². The predicted octanol–water partition coefficient (Wildman–Crippen LogP) is -1.02. The number of aliphatic carboxylic acids is 1. The lowest BCUT2D eigenvalue weighted by Crippen LogP contribution is -2.62. The fraction of sp³-hybridized carbons (Fsp3) is 0.750. The van der Waals surface area contributed by atoms with Crippen molar-refractivity contribution >= 4 is 47.4 Å². The number of esters is 1. The normalized spacial score (nSPS) is 22.4. The zero-order chi connectivity index (χ0) is 42.2. The fourth-order valence-corrected chi connectivity index (χ4v) is 5.41. The highest BCUT2D eigenvalue weighted by Gasteiger charge is 2.37. The van der Waals surface area contributed by atoms with E-state index < -0.39 is 103 Å². The number of carbonyl (C=O) groups excluding carboxylic acids is 7. The molecule has 24 heteroatoms. The van der Waals surface area contributed by atoms with Crippen LogP contribution in [0.5, 0.6) is 0 Å². The first-order valence-electron chi connectivity index (χ1n) is 18.4. The average molecular weight is 803 g/mol. The van der Waals surface area contributed by atoms with Gasteiger partial charge in [-0.25, -0.2) is 4.79 Å². The van der Waals surface area contributed by atoms with Crippen LogP contribution in [0, 0.1) is 10.4 Å². The van der Waals surface area contributed by atoms with E-state index in [0.717, 1.165) is 25.7 Å². The molecule has 9 N–H and O–H groups in total. The number of nitrogens with zero attached hydrogens (tertiary/aromatic N) is 4. The molecule has 0 aromatic heterocycles. The Bertz CT molecular complexity index is 1430. The molecule has 0 radical (unpaired) electrons. The zero-order valence-corrected chi connectivity index (χ0v) is 31.7. The number of hydroxylamine groups is 2. The Morgan fingerprint density at radius 1 is 0.839 bits per heavy atom. The third-order valence-electron chi connectivity index (χ3n) is 8.49. The van der Waals surface area contributed by atoms with E-state index in [1.807, 2.05) is 6.92 Å². The molecule has 1 heterocycles. The van der Waals surface area contributed by atoms with Crippen LogP contribution >= 0.6 is 0 Å². The van der Waals surface area contributed by atoms with E-state index in [1.54, 1.807) is 0 Å². The summed E-state index contributed by atoms with van der Waals surface area (Å²) < 4.78 is 5.47. The molecule has 1 rings (SSSR count). The van der Waals surface area contributed by atoms with Crippen molar-refractivity contribution in [3.05, 3.63) is 10.4 Å². The molecular formula is C32H54N10O14. The molecule has 0 aromatic rings. The predicted molar refractivity (Wildman–Crippen MR) is 188 cm³/mol. The number of amides is 6.